The normalized spacial score (nSPS) is 15.3. The maximum absolute atomic E-state index is 6.28. The van der Waals surface area contributed by atoms with Gasteiger partial charge in [0.05, 0.1) is 0 Å². The zero-order chi connectivity index (χ0) is 38.9. The lowest BCUT2D eigenvalue weighted by Gasteiger charge is -2.36. The van der Waals surface area contributed by atoms with Crippen LogP contribution in [-0.4, -0.2) is 15.0 Å². The van der Waals surface area contributed by atoms with Gasteiger partial charge in [-0.05, 0) is 86.7 Å². The summed E-state index contributed by atoms with van der Waals surface area (Å²) in [5.74, 6) is 2.32. The minimum atomic E-state index is 0.156. The lowest BCUT2D eigenvalue weighted by atomic mass is 9.67. The SMILES string of the molecule is c1ccc(-c2nc(-c3cccc(C4Cc5ccc6c(c5-c5ccccc54)C(c4ccccc4)Cc4ccccc4-6)c3)nc(-c3cccc4oc5ccccc5c34)n2)cc1. The van der Waals surface area contributed by atoms with E-state index in [2.05, 4.69) is 140 Å². The minimum absolute atomic E-state index is 0.156. The number of furan rings is 1. The molecule has 4 heteroatoms. The number of fused-ring (bicyclic) bond motifs is 10. The van der Waals surface area contributed by atoms with E-state index in [4.69, 9.17) is 19.4 Å². The molecule has 2 atom stereocenters. The Morgan fingerprint density at radius 1 is 0.407 bits per heavy atom. The zero-order valence-corrected chi connectivity index (χ0v) is 32.2. The average molecular weight is 756 g/mol. The van der Waals surface area contributed by atoms with Crippen molar-refractivity contribution < 1.29 is 4.42 Å². The lowest BCUT2D eigenvalue weighted by molar-refractivity contribution is 0.669. The molecule has 0 N–H and O–H groups in total. The van der Waals surface area contributed by atoms with E-state index in [0.717, 1.165) is 51.5 Å². The van der Waals surface area contributed by atoms with Crippen molar-refractivity contribution in [2.45, 2.75) is 24.7 Å². The molecule has 0 saturated heterocycles. The van der Waals surface area contributed by atoms with Crippen LogP contribution < -0.4 is 0 Å². The van der Waals surface area contributed by atoms with Gasteiger partial charge < -0.3 is 4.42 Å². The molecule has 2 aliphatic rings. The summed E-state index contributed by atoms with van der Waals surface area (Å²) in [5.41, 5.74) is 18.2. The molecule has 0 bridgehead atoms. The summed E-state index contributed by atoms with van der Waals surface area (Å²) >= 11 is 0. The van der Waals surface area contributed by atoms with Crippen LogP contribution in [0, 0.1) is 0 Å². The molecule has 0 fully saturated rings. The maximum atomic E-state index is 6.28. The van der Waals surface area contributed by atoms with Crippen LogP contribution in [-0.2, 0) is 12.8 Å². The van der Waals surface area contributed by atoms with Gasteiger partial charge in [0, 0.05) is 39.3 Å². The van der Waals surface area contributed by atoms with Crippen molar-refractivity contribution >= 4 is 21.9 Å². The van der Waals surface area contributed by atoms with E-state index in [0.29, 0.717) is 17.5 Å². The number of para-hydroxylation sites is 1. The van der Waals surface area contributed by atoms with Crippen LogP contribution in [0.3, 0.4) is 0 Å². The summed E-state index contributed by atoms with van der Waals surface area (Å²) in [6.07, 6.45) is 1.89. The molecular formula is C55H37N3O. The Labute approximate surface area is 342 Å². The van der Waals surface area contributed by atoms with E-state index < -0.39 is 0 Å². The molecular weight excluding hydrogens is 719 g/mol. The summed E-state index contributed by atoms with van der Waals surface area (Å²) in [5, 5.41) is 2.05. The van der Waals surface area contributed by atoms with Crippen LogP contribution in [0.15, 0.2) is 192 Å². The van der Waals surface area contributed by atoms with Gasteiger partial charge in [0.1, 0.15) is 11.2 Å². The maximum Gasteiger partial charge on any atom is 0.164 e. The largest absolute Gasteiger partial charge is 0.456 e. The molecule has 0 radical (unpaired) electrons. The van der Waals surface area contributed by atoms with Gasteiger partial charge in [-0.2, -0.15) is 0 Å². The van der Waals surface area contributed by atoms with Crippen LogP contribution in [0.2, 0.25) is 0 Å². The molecule has 278 valence electrons. The molecule has 4 nitrogen and oxygen atoms in total. The van der Waals surface area contributed by atoms with E-state index in [1.165, 1.54) is 55.6 Å². The molecule has 10 aromatic rings. The highest BCUT2D eigenvalue weighted by Crippen LogP contribution is 2.52. The van der Waals surface area contributed by atoms with Crippen molar-refractivity contribution in [3.63, 3.8) is 0 Å². The molecule has 2 heterocycles. The van der Waals surface area contributed by atoms with Gasteiger partial charge in [0.25, 0.3) is 0 Å². The quantitative estimate of drug-likeness (QED) is 0.176. The van der Waals surface area contributed by atoms with Gasteiger partial charge in [-0.25, -0.2) is 15.0 Å². The molecule has 12 rings (SSSR count). The van der Waals surface area contributed by atoms with Gasteiger partial charge in [-0.15, -0.1) is 0 Å². The first kappa shape index (κ1) is 33.7. The Bertz CT molecular complexity index is 3240. The molecule has 0 spiro atoms. The van der Waals surface area contributed by atoms with Gasteiger partial charge in [-0.1, -0.05) is 170 Å². The average Bonchev–Trinajstić information content (AvgIpc) is 3.70. The van der Waals surface area contributed by atoms with Gasteiger partial charge >= 0.3 is 0 Å². The minimum Gasteiger partial charge on any atom is -0.456 e. The number of nitrogens with zero attached hydrogens (tertiary/aromatic N) is 3. The second-order valence-electron chi connectivity index (χ2n) is 15.8. The Morgan fingerprint density at radius 2 is 1.03 bits per heavy atom. The highest BCUT2D eigenvalue weighted by Gasteiger charge is 2.34. The predicted octanol–water partition coefficient (Wildman–Crippen LogP) is 13.5. The van der Waals surface area contributed by atoms with Crippen LogP contribution in [0.5, 0.6) is 0 Å². The zero-order valence-electron chi connectivity index (χ0n) is 32.2. The molecule has 2 aromatic heterocycles. The Morgan fingerprint density at radius 3 is 1.92 bits per heavy atom. The smallest absolute Gasteiger partial charge is 0.164 e. The number of aromatic nitrogens is 3. The number of rotatable bonds is 5. The molecule has 2 aliphatic carbocycles. The first-order valence-corrected chi connectivity index (χ1v) is 20.5. The van der Waals surface area contributed by atoms with E-state index in [9.17, 15) is 0 Å². The Hall–Kier alpha value is -7.43. The first-order chi connectivity index (χ1) is 29.2. The topological polar surface area (TPSA) is 51.8 Å². The summed E-state index contributed by atoms with van der Waals surface area (Å²) in [6.45, 7) is 0. The predicted molar refractivity (Wildman–Crippen MR) is 238 cm³/mol. The van der Waals surface area contributed by atoms with Crippen LogP contribution in [0.4, 0.5) is 0 Å². The van der Waals surface area contributed by atoms with Crippen LogP contribution >= 0.6 is 0 Å². The van der Waals surface area contributed by atoms with Gasteiger partial charge in [0.2, 0.25) is 0 Å². The van der Waals surface area contributed by atoms with Crippen LogP contribution in [0.25, 0.3) is 78.4 Å². The molecule has 8 aromatic carbocycles. The van der Waals surface area contributed by atoms with Crippen molar-refractivity contribution in [3.8, 4) is 56.4 Å². The third-order valence-corrected chi connectivity index (χ3v) is 12.5. The summed E-state index contributed by atoms with van der Waals surface area (Å²) in [4.78, 5) is 15.5. The van der Waals surface area contributed by atoms with E-state index in [1.807, 2.05) is 48.5 Å². The van der Waals surface area contributed by atoms with Gasteiger partial charge in [0.15, 0.2) is 17.5 Å². The number of hydrogen-bond acceptors (Lipinski definition) is 4. The fraction of sp³-hybridized carbons (Fsp3) is 0.0727. The van der Waals surface area contributed by atoms with Crippen molar-refractivity contribution in [2.75, 3.05) is 0 Å². The molecule has 0 aliphatic heterocycles. The second-order valence-corrected chi connectivity index (χ2v) is 15.8. The monoisotopic (exact) mass is 755 g/mol. The highest BCUT2D eigenvalue weighted by molar-refractivity contribution is 6.11. The Kier molecular flexibility index (Phi) is 7.77. The first-order valence-electron chi connectivity index (χ1n) is 20.5. The molecule has 59 heavy (non-hydrogen) atoms. The van der Waals surface area contributed by atoms with E-state index >= 15 is 0 Å². The van der Waals surface area contributed by atoms with Crippen LogP contribution in [0.1, 0.15) is 45.2 Å². The summed E-state index contributed by atoms with van der Waals surface area (Å²) in [6, 6.07) is 67.3. The third-order valence-electron chi connectivity index (χ3n) is 12.5. The van der Waals surface area contributed by atoms with E-state index in [-0.39, 0.29) is 11.8 Å². The van der Waals surface area contributed by atoms with Crippen molar-refractivity contribution in [1.29, 1.82) is 0 Å². The lowest BCUT2D eigenvalue weighted by Crippen LogP contribution is -2.19. The fourth-order valence-electron chi connectivity index (χ4n) is 9.86. The third kappa shape index (κ3) is 5.55. The van der Waals surface area contributed by atoms with Crippen molar-refractivity contribution in [2.24, 2.45) is 0 Å². The highest BCUT2D eigenvalue weighted by atomic mass is 16.3. The molecule has 0 saturated carbocycles. The fourth-order valence-corrected chi connectivity index (χ4v) is 9.86. The molecule has 0 amide bonds. The van der Waals surface area contributed by atoms with E-state index in [1.54, 1.807) is 0 Å². The number of hydrogen-bond donors (Lipinski definition) is 0. The molecule has 2 unspecified atom stereocenters. The van der Waals surface area contributed by atoms with Gasteiger partial charge in [-0.3, -0.25) is 0 Å². The Balaban J connectivity index is 1.00. The standard InChI is InChI=1S/C55H37N3O/c1-3-15-34(16-4-1)47-32-37-19-7-8-22-40(37)43-30-29-38-33-46(41-23-9-10-24-42(41)50(38)52(43)47)36-20-13-21-39(31-36)54-56-53(35-17-5-2-6-18-35)57-55(58-54)45-26-14-28-49-51(45)44-25-11-12-27-48(44)59-49/h1-31,46-47H,32-33H2. The summed E-state index contributed by atoms with van der Waals surface area (Å²) < 4.78 is 6.28. The van der Waals surface area contributed by atoms with Crippen molar-refractivity contribution in [1.82, 2.24) is 15.0 Å². The summed E-state index contributed by atoms with van der Waals surface area (Å²) in [7, 11) is 0. The number of benzene rings is 8. The van der Waals surface area contributed by atoms with Crippen molar-refractivity contribution in [3.05, 3.63) is 221 Å². The second kappa shape index (κ2) is 13.6.